The van der Waals surface area contributed by atoms with Crippen molar-refractivity contribution in [3.8, 4) is 16.9 Å². The minimum Gasteiger partial charge on any atom is -0.379 e. The highest BCUT2D eigenvalue weighted by atomic mass is 32.2. The average Bonchev–Trinajstić information content (AvgIpc) is 3.38. The molecule has 1 saturated carbocycles. The number of hydrogen-bond acceptors (Lipinski definition) is 6. The molecule has 1 saturated heterocycles. The molecule has 0 spiro atoms. The zero-order chi connectivity index (χ0) is 21.6. The van der Waals surface area contributed by atoms with Crippen LogP contribution in [-0.2, 0) is 14.8 Å². The molecule has 1 aromatic carbocycles. The quantitative estimate of drug-likeness (QED) is 0.608. The van der Waals surface area contributed by atoms with Gasteiger partial charge >= 0.3 is 0 Å². The SMILES string of the molecule is Cc1cc(-c2csc(NC3CC3)n2)c(C)n1-c1cccc(S(=O)(=O)N2CCOCC2)c1. The number of nitrogens with zero attached hydrogens (tertiary/aromatic N) is 3. The van der Waals surface area contributed by atoms with E-state index in [4.69, 9.17) is 9.72 Å². The third kappa shape index (κ3) is 4.03. The molecule has 164 valence electrons. The van der Waals surface area contributed by atoms with Gasteiger partial charge in [-0.25, -0.2) is 13.4 Å². The van der Waals surface area contributed by atoms with Gasteiger partial charge < -0.3 is 14.6 Å². The van der Waals surface area contributed by atoms with Crippen molar-refractivity contribution >= 4 is 26.5 Å². The standard InChI is InChI=1S/C22H26N4O3S2/c1-15-12-20(21-14-30-22(24-21)23-17-6-7-17)16(2)26(15)18-4-3-5-19(13-18)31(27,28)25-8-10-29-11-9-25/h3-5,12-14,17H,6-11H2,1-2H3,(H,23,24). The summed E-state index contributed by atoms with van der Waals surface area (Å²) in [5.74, 6) is 0. The fourth-order valence-corrected chi connectivity index (χ4v) is 6.24. The maximum absolute atomic E-state index is 13.1. The summed E-state index contributed by atoms with van der Waals surface area (Å²) >= 11 is 1.63. The molecule has 0 unspecified atom stereocenters. The lowest BCUT2D eigenvalue weighted by Gasteiger charge is -2.26. The highest BCUT2D eigenvalue weighted by Gasteiger charge is 2.27. The lowest BCUT2D eigenvalue weighted by molar-refractivity contribution is 0.0730. The summed E-state index contributed by atoms with van der Waals surface area (Å²) in [7, 11) is -3.54. The van der Waals surface area contributed by atoms with E-state index in [0.29, 0.717) is 37.2 Å². The third-order valence-electron chi connectivity index (χ3n) is 5.80. The van der Waals surface area contributed by atoms with E-state index in [1.54, 1.807) is 23.5 Å². The Hall–Kier alpha value is -2.20. The summed E-state index contributed by atoms with van der Waals surface area (Å²) < 4.78 is 35.1. The molecule has 0 bridgehead atoms. The Morgan fingerprint density at radius 3 is 2.68 bits per heavy atom. The molecule has 1 aliphatic carbocycles. The summed E-state index contributed by atoms with van der Waals surface area (Å²) in [5, 5.41) is 6.49. The van der Waals surface area contributed by atoms with Crippen molar-refractivity contribution in [2.24, 2.45) is 0 Å². The smallest absolute Gasteiger partial charge is 0.243 e. The molecule has 2 fully saturated rings. The highest BCUT2D eigenvalue weighted by Crippen LogP contribution is 2.34. The van der Waals surface area contributed by atoms with Gasteiger partial charge in [-0.1, -0.05) is 6.07 Å². The number of sulfonamides is 1. The van der Waals surface area contributed by atoms with Crippen molar-refractivity contribution in [2.45, 2.75) is 37.6 Å². The number of aryl methyl sites for hydroxylation is 1. The Labute approximate surface area is 186 Å². The number of aromatic nitrogens is 2. The fourth-order valence-electron chi connectivity index (χ4n) is 4.00. The predicted octanol–water partition coefficient (Wildman–Crippen LogP) is 3.81. The van der Waals surface area contributed by atoms with Crippen LogP contribution in [-0.4, -0.2) is 54.6 Å². The van der Waals surface area contributed by atoms with E-state index in [2.05, 4.69) is 28.3 Å². The summed E-state index contributed by atoms with van der Waals surface area (Å²) in [6, 6.07) is 9.87. The topological polar surface area (TPSA) is 76.5 Å². The molecule has 0 atom stereocenters. The summed E-state index contributed by atoms with van der Waals surface area (Å²) in [5.41, 5.74) is 4.94. The van der Waals surface area contributed by atoms with Gasteiger partial charge in [-0.05, 0) is 51.0 Å². The van der Waals surface area contributed by atoms with Gasteiger partial charge in [-0.3, -0.25) is 0 Å². The predicted molar refractivity (Wildman–Crippen MR) is 123 cm³/mol. The number of thiazole rings is 1. The largest absolute Gasteiger partial charge is 0.379 e. The zero-order valence-electron chi connectivity index (χ0n) is 17.7. The Morgan fingerprint density at radius 2 is 1.94 bits per heavy atom. The molecule has 3 heterocycles. The molecular formula is C22H26N4O3S2. The summed E-state index contributed by atoms with van der Waals surface area (Å²) in [6.45, 7) is 5.74. The Balaban J connectivity index is 1.48. The summed E-state index contributed by atoms with van der Waals surface area (Å²) in [4.78, 5) is 5.08. The first kappa shape index (κ1) is 20.7. The molecular weight excluding hydrogens is 432 g/mol. The number of rotatable bonds is 6. The van der Waals surface area contributed by atoms with Crippen LogP contribution < -0.4 is 5.32 Å². The van der Waals surface area contributed by atoms with E-state index in [1.165, 1.54) is 17.1 Å². The van der Waals surface area contributed by atoms with Crippen LogP contribution in [0.25, 0.3) is 16.9 Å². The highest BCUT2D eigenvalue weighted by molar-refractivity contribution is 7.89. The first-order valence-corrected chi connectivity index (χ1v) is 12.8. The third-order valence-corrected chi connectivity index (χ3v) is 8.47. The molecule has 0 amide bonds. The molecule has 7 nitrogen and oxygen atoms in total. The van der Waals surface area contributed by atoms with Crippen LogP contribution in [0.1, 0.15) is 24.2 Å². The van der Waals surface area contributed by atoms with Crippen LogP contribution in [0.15, 0.2) is 40.6 Å². The first-order valence-electron chi connectivity index (χ1n) is 10.5. The molecule has 1 N–H and O–H groups in total. The summed E-state index contributed by atoms with van der Waals surface area (Å²) in [6.07, 6.45) is 2.43. The number of morpholine rings is 1. The molecule has 5 rings (SSSR count). The van der Waals surface area contributed by atoms with Crippen molar-refractivity contribution in [2.75, 3.05) is 31.6 Å². The van der Waals surface area contributed by atoms with E-state index >= 15 is 0 Å². The van der Waals surface area contributed by atoms with Crippen LogP contribution >= 0.6 is 11.3 Å². The normalized spacial score (nSPS) is 17.7. The number of nitrogens with one attached hydrogen (secondary N) is 1. The van der Waals surface area contributed by atoms with Crippen molar-refractivity contribution in [1.29, 1.82) is 0 Å². The van der Waals surface area contributed by atoms with Crippen molar-refractivity contribution in [1.82, 2.24) is 13.9 Å². The van der Waals surface area contributed by atoms with E-state index < -0.39 is 10.0 Å². The Kier molecular flexibility index (Phi) is 5.37. The molecule has 31 heavy (non-hydrogen) atoms. The van der Waals surface area contributed by atoms with Gasteiger partial charge in [0.1, 0.15) is 0 Å². The van der Waals surface area contributed by atoms with Gasteiger partial charge in [0.15, 0.2) is 5.13 Å². The lowest BCUT2D eigenvalue weighted by atomic mass is 10.2. The number of benzene rings is 1. The number of hydrogen-bond donors (Lipinski definition) is 1. The van der Waals surface area contributed by atoms with Crippen molar-refractivity contribution in [3.05, 3.63) is 47.1 Å². The lowest BCUT2D eigenvalue weighted by Crippen LogP contribution is -2.40. The zero-order valence-corrected chi connectivity index (χ0v) is 19.3. The number of anilines is 1. The van der Waals surface area contributed by atoms with Gasteiger partial charge in [0, 0.05) is 47.2 Å². The van der Waals surface area contributed by atoms with Gasteiger partial charge in [0.25, 0.3) is 0 Å². The minimum absolute atomic E-state index is 0.311. The Morgan fingerprint density at radius 1 is 1.16 bits per heavy atom. The molecule has 2 aromatic heterocycles. The molecule has 9 heteroatoms. The molecule has 2 aliphatic rings. The fraction of sp³-hybridized carbons (Fsp3) is 0.409. The van der Waals surface area contributed by atoms with E-state index in [0.717, 1.165) is 33.5 Å². The second kappa shape index (κ2) is 8.05. The van der Waals surface area contributed by atoms with Gasteiger partial charge in [-0.2, -0.15) is 4.31 Å². The average molecular weight is 459 g/mol. The Bertz CT molecular complexity index is 1210. The number of ether oxygens (including phenoxy) is 1. The van der Waals surface area contributed by atoms with E-state index in [1.807, 2.05) is 19.1 Å². The monoisotopic (exact) mass is 458 g/mol. The van der Waals surface area contributed by atoms with Gasteiger partial charge in [-0.15, -0.1) is 11.3 Å². The molecule has 0 radical (unpaired) electrons. The van der Waals surface area contributed by atoms with Gasteiger partial charge in [0.2, 0.25) is 10.0 Å². The maximum Gasteiger partial charge on any atom is 0.243 e. The van der Waals surface area contributed by atoms with Crippen LogP contribution in [0.3, 0.4) is 0 Å². The van der Waals surface area contributed by atoms with Crippen LogP contribution in [0.5, 0.6) is 0 Å². The second-order valence-corrected chi connectivity index (χ2v) is 10.9. The van der Waals surface area contributed by atoms with Crippen LogP contribution in [0, 0.1) is 13.8 Å². The van der Waals surface area contributed by atoms with E-state index in [-0.39, 0.29) is 0 Å². The maximum atomic E-state index is 13.1. The van der Waals surface area contributed by atoms with Crippen molar-refractivity contribution < 1.29 is 13.2 Å². The minimum atomic E-state index is -3.54. The molecule has 1 aliphatic heterocycles. The second-order valence-electron chi connectivity index (χ2n) is 8.09. The van der Waals surface area contributed by atoms with Crippen LogP contribution in [0.4, 0.5) is 5.13 Å². The molecule has 3 aromatic rings. The van der Waals surface area contributed by atoms with E-state index in [9.17, 15) is 8.42 Å². The van der Waals surface area contributed by atoms with Gasteiger partial charge in [0.05, 0.1) is 23.8 Å². The van der Waals surface area contributed by atoms with Crippen molar-refractivity contribution in [3.63, 3.8) is 0 Å². The van der Waals surface area contributed by atoms with Crippen LogP contribution in [0.2, 0.25) is 0 Å². The first-order chi connectivity index (χ1) is 14.9.